The number of aryl methyl sites for hydroxylation is 1. The van der Waals surface area contributed by atoms with Crippen LogP contribution in [0.3, 0.4) is 0 Å². The topological polar surface area (TPSA) is 37.8 Å². The van der Waals surface area contributed by atoms with Crippen LogP contribution in [0.5, 0.6) is 0 Å². The maximum absolute atomic E-state index is 4.09. The van der Waals surface area contributed by atoms with Gasteiger partial charge in [0.2, 0.25) is 0 Å². The lowest BCUT2D eigenvalue weighted by molar-refractivity contribution is 1.14. The minimum absolute atomic E-state index is 0.814. The van der Waals surface area contributed by atoms with E-state index in [1.54, 1.807) is 6.20 Å². The van der Waals surface area contributed by atoms with Crippen molar-refractivity contribution >= 4 is 11.5 Å². The van der Waals surface area contributed by atoms with Crippen LogP contribution in [0.4, 0.5) is 11.5 Å². The molecule has 1 aromatic carbocycles. The molecule has 0 fully saturated rings. The molecule has 15 heavy (non-hydrogen) atoms. The quantitative estimate of drug-likeness (QED) is 0.826. The molecular weight excluding hydrogens is 186 g/mol. The van der Waals surface area contributed by atoms with Gasteiger partial charge in [-0.05, 0) is 30.2 Å². The van der Waals surface area contributed by atoms with Crippen LogP contribution in [-0.2, 0) is 6.42 Å². The van der Waals surface area contributed by atoms with E-state index in [0.717, 1.165) is 17.9 Å². The van der Waals surface area contributed by atoms with Crippen LogP contribution in [0.15, 0.2) is 42.9 Å². The van der Waals surface area contributed by atoms with Crippen molar-refractivity contribution in [3.05, 3.63) is 48.4 Å². The summed E-state index contributed by atoms with van der Waals surface area (Å²) in [6.45, 7) is 2.15. The first kappa shape index (κ1) is 9.65. The molecule has 0 atom stereocenters. The standard InChI is InChI=1S/C12H13N3/c1-2-10-3-5-11(6-4-10)15-12-7-8-13-9-14-12/h3-9H,2H2,1H3,(H,13,14,15). The second kappa shape index (κ2) is 4.55. The van der Waals surface area contributed by atoms with Gasteiger partial charge in [0.05, 0.1) is 0 Å². The van der Waals surface area contributed by atoms with E-state index in [2.05, 4.69) is 46.5 Å². The molecule has 76 valence electrons. The van der Waals surface area contributed by atoms with Gasteiger partial charge in [0.15, 0.2) is 0 Å². The second-order valence-corrected chi connectivity index (χ2v) is 3.27. The summed E-state index contributed by atoms with van der Waals surface area (Å²) in [5.41, 5.74) is 2.38. The van der Waals surface area contributed by atoms with Crippen molar-refractivity contribution in [3.63, 3.8) is 0 Å². The Morgan fingerprint density at radius 2 is 1.93 bits per heavy atom. The predicted octanol–water partition coefficient (Wildman–Crippen LogP) is 2.78. The molecule has 0 aliphatic rings. The van der Waals surface area contributed by atoms with Crippen LogP contribution in [0.1, 0.15) is 12.5 Å². The number of nitrogens with zero attached hydrogens (tertiary/aromatic N) is 2. The van der Waals surface area contributed by atoms with Gasteiger partial charge in [0.25, 0.3) is 0 Å². The lowest BCUT2D eigenvalue weighted by Crippen LogP contribution is -1.93. The molecule has 0 saturated carbocycles. The highest BCUT2D eigenvalue weighted by molar-refractivity contribution is 5.55. The van der Waals surface area contributed by atoms with Gasteiger partial charge in [-0.15, -0.1) is 0 Å². The molecule has 1 heterocycles. The number of rotatable bonds is 3. The zero-order chi connectivity index (χ0) is 10.5. The lowest BCUT2D eigenvalue weighted by Gasteiger charge is -2.05. The molecule has 1 N–H and O–H groups in total. The van der Waals surface area contributed by atoms with Crippen molar-refractivity contribution in [1.29, 1.82) is 0 Å². The van der Waals surface area contributed by atoms with Crippen molar-refractivity contribution in [1.82, 2.24) is 9.97 Å². The molecule has 3 heteroatoms. The Morgan fingerprint density at radius 1 is 1.13 bits per heavy atom. The largest absolute Gasteiger partial charge is 0.340 e. The fourth-order valence-corrected chi connectivity index (χ4v) is 1.34. The van der Waals surface area contributed by atoms with Crippen molar-refractivity contribution in [2.45, 2.75) is 13.3 Å². The summed E-state index contributed by atoms with van der Waals surface area (Å²) >= 11 is 0. The van der Waals surface area contributed by atoms with E-state index in [1.165, 1.54) is 11.9 Å². The van der Waals surface area contributed by atoms with Gasteiger partial charge in [0, 0.05) is 11.9 Å². The van der Waals surface area contributed by atoms with E-state index < -0.39 is 0 Å². The lowest BCUT2D eigenvalue weighted by atomic mass is 10.1. The van der Waals surface area contributed by atoms with E-state index in [0.29, 0.717) is 0 Å². The minimum atomic E-state index is 0.814. The van der Waals surface area contributed by atoms with Crippen molar-refractivity contribution in [2.75, 3.05) is 5.32 Å². The van der Waals surface area contributed by atoms with Crippen molar-refractivity contribution in [2.24, 2.45) is 0 Å². The Balaban J connectivity index is 2.11. The number of benzene rings is 1. The van der Waals surface area contributed by atoms with Crippen molar-refractivity contribution < 1.29 is 0 Å². The van der Waals surface area contributed by atoms with Crippen LogP contribution in [0, 0.1) is 0 Å². The normalized spacial score (nSPS) is 9.93. The first-order valence-corrected chi connectivity index (χ1v) is 5.00. The van der Waals surface area contributed by atoms with Gasteiger partial charge in [-0.25, -0.2) is 9.97 Å². The fourth-order valence-electron chi connectivity index (χ4n) is 1.34. The zero-order valence-corrected chi connectivity index (χ0v) is 8.64. The van der Waals surface area contributed by atoms with Crippen LogP contribution in [0.25, 0.3) is 0 Å². The summed E-state index contributed by atoms with van der Waals surface area (Å²) in [7, 11) is 0. The number of anilines is 2. The molecule has 0 aliphatic carbocycles. The SMILES string of the molecule is CCc1ccc(Nc2ccncn2)cc1. The maximum Gasteiger partial charge on any atom is 0.133 e. The number of hydrogen-bond donors (Lipinski definition) is 1. The highest BCUT2D eigenvalue weighted by Crippen LogP contribution is 2.14. The predicted molar refractivity (Wildman–Crippen MR) is 61.1 cm³/mol. The summed E-state index contributed by atoms with van der Waals surface area (Å²) < 4.78 is 0. The molecule has 0 radical (unpaired) electrons. The molecule has 0 saturated heterocycles. The second-order valence-electron chi connectivity index (χ2n) is 3.27. The first-order valence-electron chi connectivity index (χ1n) is 5.00. The zero-order valence-electron chi connectivity index (χ0n) is 8.64. The Bertz CT molecular complexity index is 409. The smallest absolute Gasteiger partial charge is 0.133 e. The van der Waals surface area contributed by atoms with E-state index >= 15 is 0 Å². The van der Waals surface area contributed by atoms with E-state index in [1.807, 2.05) is 6.07 Å². The van der Waals surface area contributed by atoms with Crippen LogP contribution >= 0.6 is 0 Å². The third-order valence-electron chi connectivity index (χ3n) is 2.22. The molecule has 3 nitrogen and oxygen atoms in total. The molecule has 1 aromatic heterocycles. The molecule has 2 rings (SSSR count). The number of nitrogens with one attached hydrogen (secondary N) is 1. The number of hydrogen-bond acceptors (Lipinski definition) is 3. The Hall–Kier alpha value is -1.90. The molecule has 0 spiro atoms. The van der Waals surface area contributed by atoms with E-state index in [9.17, 15) is 0 Å². The van der Waals surface area contributed by atoms with Crippen LogP contribution in [-0.4, -0.2) is 9.97 Å². The molecular formula is C12H13N3. The molecule has 0 bridgehead atoms. The van der Waals surface area contributed by atoms with Gasteiger partial charge in [0.1, 0.15) is 12.1 Å². The summed E-state index contributed by atoms with van der Waals surface area (Å²) in [5, 5.41) is 3.20. The van der Waals surface area contributed by atoms with E-state index in [4.69, 9.17) is 0 Å². The van der Waals surface area contributed by atoms with Gasteiger partial charge in [-0.1, -0.05) is 19.1 Å². The van der Waals surface area contributed by atoms with Crippen LogP contribution < -0.4 is 5.32 Å². The third kappa shape index (κ3) is 2.53. The monoisotopic (exact) mass is 199 g/mol. The van der Waals surface area contributed by atoms with Crippen molar-refractivity contribution in [3.8, 4) is 0 Å². The Morgan fingerprint density at radius 3 is 2.53 bits per heavy atom. The minimum Gasteiger partial charge on any atom is -0.340 e. The average molecular weight is 199 g/mol. The highest BCUT2D eigenvalue weighted by atomic mass is 15.0. The average Bonchev–Trinajstić information content (AvgIpc) is 2.31. The molecule has 0 unspecified atom stereocenters. The summed E-state index contributed by atoms with van der Waals surface area (Å²) in [4.78, 5) is 7.96. The van der Waals surface area contributed by atoms with E-state index in [-0.39, 0.29) is 0 Å². The molecule has 0 amide bonds. The van der Waals surface area contributed by atoms with Gasteiger partial charge < -0.3 is 5.32 Å². The summed E-state index contributed by atoms with van der Waals surface area (Å²) in [5.74, 6) is 0.814. The Kier molecular flexibility index (Phi) is 2.93. The number of aromatic nitrogens is 2. The van der Waals surface area contributed by atoms with Gasteiger partial charge in [-0.3, -0.25) is 0 Å². The third-order valence-corrected chi connectivity index (χ3v) is 2.22. The van der Waals surface area contributed by atoms with Gasteiger partial charge >= 0.3 is 0 Å². The van der Waals surface area contributed by atoms with Crippen LogP contribution in [0.2, 0.25) is 0 Å². The summed E-state index contributed by atoms with van der Waals surface area (Å²) in [6, 6.07) is 10.2. The maximum atomic E-state index is 4.09. The Labute approximate surface area is 89.2 Å². The van der Waals surface area contributed by atoms with Gasteiger partial charge in [-0.2, -0.15) is 0 Å². The fraction of sp³-hybridized carbons (Fsp3) is 0.167. The first-order chi connectivity index (χ1) is 7.38. The molecule has 2 aromatic rings. The summed E-state index contributed by atoms with van der Waals surface area (Å²) in [6.07, 6.45) is 4.31. The highest BCUT2D eigenvalue weighted by Gasteiger charge is 1.94. The molecule has 0 aliphatic heterocycles.